The van der Waals surface area contributed by atoms with Gasteiger partial charge in [-0.2, -0.15) is 0 Å². The topological polar surface area (TPSA) is 78.9 Å². The summed E-state index contributed by atoms with van der Waals surface area (Å²) in [5.74, 6) is -0.878. The van der Waals surface area contributed by atoms with Gasteiger partial charge < -0.3 is 14.2 Å². The Morgan fingerprint density at radius 3 is 0.884 bits per heavy atom. The van der Waals surface area contributed by atoms with Gasteiger partial charge in [-0.15, -0.1) is 0 Å². The van der Waals surface area contributed by atoms with Crippen molar-refractivity contribution in [3.8, 4) is 0 Å². The number of allylic oxidation sites excluding steroid dienone is 14. The standard InChI is InChI=1S/C63H108O6/c1-4-7-10-13-16-19-20-21-22-23-24-25-26-27-28-29-30-31-32-33-34-35-36-37-38-39-40-41-42-43-44-45-48-50-53-56-62(65)68-59-60(69-63(66)57-54-51-47-18-15-12-9-6-3)58-67-61(64)55-52-49-46-17-14-11-8-5-2/h7,10,16,19,21-22,24-25,27-28,30-31,33-34,60H,4-6,8-9,11-15,17-18,20,23,26,29,32,35-59H2,1-3H3/b10-7-,19-16-,22-21-,25-24-,28-27-,31-30-,34-33-. The van der Waals surface area contributed by atoms with E-state index in [1.54, 1.807) is 0 Å². The quantitative estimate of drug-likeness (QED) is 0.0262. The van der Waals surface area contributed by atoms with Gasteiger partial charge >= 0.3 is 17.9 Å². The third-order valence-electron chi connectivity index (χ3n) is 12.4. The van der Waals surface area contributed by atoms with E-state index < -0.39 is 6.10 Å². The molecule has 0 fully saturated rings. The number of esters is 3. The van der Waals surface area contributed by atoms with E-state index in [0.29, 0.717) is 19.3 Å². The van der Waals surface area contributed by atoms with E-state index >= 15 is 0 Å². The van der Waals surface area contributed by atoms with Crippen molar-refractivity contribution in [2.75, 3.05) is 13.2 Å². The maximum Gasteiger partial charge on any atom is 0.306 e. The van der Waals surface area contributed by atoms with Gasteiger partial charge in [0.2, 0.25) is 0 Å². The van der Waals surface area contributed by atoms with Gasteiger partial charge in [0.1, 0.15) is 13.2 Å². The summed E-state index contributed by atoms with van der Waals surface area (Å²) in [6, 6.07) is 0. The Hall–Kier alpha value is -3.41. The molecule has 0 spiro atoms. The van der Waals surface area contributed by atoms with Gasteiger partial charge in [-0.1, -0.05) is 266 Å². The van der Waals surface area contributed by atoms with Gasteiger partial charge in [-0.05, 0) is 77.0 Å². The first-order chi connectivity index (χ1) is 34.0. The summed E-state index contributed by atoms with van der Waals surface area (Å²) < 4.78 is 16.7. The van der Waals surface area contributed by atoms with Crippen molar-refractivity contribution < 1.29 is 28.6 Å². The average molecular weight is 962 g/mol. The molecule has 0 saturated heterocycles. The Balaban J connectivity index is 3.95. The van der Waals surface area contributed by atoms with E-state index in [-0.39, 0.29) is 31.1 Å². The summed E-state index contributed by atoms with van der Waals surface area (Å²) in [5.41, 5.74) is 0. The molecule has 0 heterocycles. The summed E-state index contributed by atoms with van der Waals surface area (Å²) in [6.07, 6.45) is 74.8. The molecule has 0 aliphatic rings. The molecule has 0 saturated carbocycles. The van der Waals surface area contributed by atoms with Crippen molar-refractivity contribution in [1.82, 2.24) is 0 Å². The molecule has 69 heavy (non-hydrogen) atoms. The molecule has 0 N–H and O–H groups in total. The molecule has 6 heteroatoms. The summed E-state index contributed by atoms with van der Waals surface area (Å²) in [6.45, 7) is 6.47. The maximum atomic E-state index is 12.7. The molecule has 0 aromatic heterocycles. The number of hydrogen-bond acceptors (Lipinski definition) is 6. The number of carbonyl (C=O) groups is 3. The van der Waals surface area contributed by atoms with Gasteiger partial charge in [-0.3, -0.25) is 14.4 Å². The van der Waals surface area contributed by atoms with Crippen LogP contribution in [0.4, 0.5) is 0 Å². The van der Waals surface area contributed by atoms with Crippen LogP contribution in [0.1, 0.15) is 278 Å². The Kier molecular flexibility index (Phi) is 54.3. The lowest BCUT2D eigenvalue weighted by Crippen LogP contribution is -2.30. The van der Waals surface area contributed by atoms with Crippen molar-refractivity contribution in [3.63, 3.8) is 0 Å². The minimum absolute atomic E-state index is 0.0720. The largest absolute Gasteiger partial charge is 0.462 e. The number of rotatable bonds is 52. The zero-order valence-electron chi connectivity index (χ0n) is 45.3. The lowest BCUT2D eigenvalue weighted by molar-refractivity contribution is -0.167. The fourth-order valence-corrected chi connectivity index (χ4v) is 8.07. The van der Waals surface area contributed by atoms with E-state index in [0.717, 1.165) is 103 Å². The Morgan fingerprint density at radius 2 is 0.565 bits per heavy atom. The normalized spacial score (nSPS) is 12.7. The van der Waals surface area contributed by atoms with Gasteiger partial charge in [0.05, 0.1) is 0 Å². The highest BCUT2D eigenvalue weighted by molar-refractivity contribution is 5.71. The number of carbonyl (C=O) groups excluding carboxylic acids is 3. The smallest absolute Gasteiger partial charge is 0.306 e. The predicted molar refractivity (Wildman–Crippen MR) is 297 cm³/mol. The van der Waals surface area contributed by atoms with E-state index in [1.165, 1.54) is 135 Å². The lowest BCUT2D eigenvalue weighted by atomic mass is 10.0. The van der Waals surface area contributed by atoms with Crippen LogP contribution < -0.4 is 0 Å². The Morgan fingerprint density at radius 1 is 0.304 bits per heavy atom. The minimum atomic E-state index is -0.768. The van der Waals surface area contributed by atoms with Gasteiger partial charge in [0, 0.05) is 19.3 Å². The van der Waals surface area contributed by atoms with Crippen LogP contribution >= 0.6 is 0 Å². The molecule has 396 valence electrons. The maximum absolute atomic E-state index is 12.7. The fraction of sp³-hybridized carbons (Fsp3) is 0.730. The number of ether oxygens (including phenoxy) is 3. The van der Waals surface area contributed by atoms with Gasteiger partial charge in [-0.25, -0.2) is 0 Å². The monoisotopic (exact) mass is 961 g/mol. The highest BCUT2D eigenvalue weighted by atomic mass is 16.6. The van der Waals surface area contributed by atoms with Crippen LogP contribution in [0.25, 0.3) is 0 Å². The minimum Gasteiger partial charge on any atom is -0.462 e. The zero-order valence-corrected chi connectivity index (χ0v) is 45.3. The van der Waals surface area contributed by atoms with Crippen molar-refractivity contribution in [1.29, 1.82) is 0 Å². The van der Waals surface area contributed by atoms with E-state index in [9.17, 15) is 14.4 Å². The van der Waals surface area contributed by atoms with Crippen molar-refractivity contribution in [2.45, 2.75) is 284 Å². The van der Waals surface area contributed by atoms with Gasteiger partial charge in [0.15, 0.2) is 6.10 Å². The predicted octanol–water partition coefficient (Wildman–Crippen LogP) is 19.5. The van der Waals surface area contributed by atoms with Crippen LogP contribution in [0.2, 0.25) is 0 Å². The first-order valence-corrected chi connectivity index (χ1v) is 29.1. The molecule has 0 bridgehead atoms. The summed E-state index contributed by atoms with van der Waals surface area (Å²) in [5, 5.41) is 0. The van der Waals surface area contributed by atoms with E-state index in [1.807, 2.05) is 0 Å². The van der Waals surface area contributed by atoms with Crippen LogP contribution in [0.5, 0.6) is 0 Å². The molecular formula is C63H108O6. The molecule has 0 aliphatic carbocycles. The molecule has 0 radical (unpaired) electrons. The molecule has 0 aromatic rings. The molecule has 1 unspecified atom stereocenters. The second kappa shape index (κ2) is 57.2. The van der Waals surface area contributed by atoms with Crippen LogP contribution in [0.15, 0.2) is 85.1 Å². The molecule has 6 nitrogen and oxygen atoms in total. The van der Waals surface area contributed by atoms with Crippen molar-refractivity contribution >= 4 is 17.9 Å². The molecule has 0 aliphatic heterocycles. The van der Waals surface area contributed by atoms with Crippen LogP contribution in [0, 0.1) is 0 Å². The summed E-state index contributed by atoms with van der Waals surface area (Å²) >= 11 is 0. The summed E-state index contributed by atoms with van der Waals surface area (Å²) in [4.78, 5) is 37.7. The highest BCUT2D eigenvalue weighted by Gasteiger charge is 2.19. The van der Waals surface area contributed by atoms with Crippen molar-refractivity contribution in [3.05, 3.63) is 85.1 Å². The fourth-order valence-electron chi connectivity index (χ4n) is 8.07. The number of hydrogen-bond donors (Lipinski definition) is 0. The van der Waals surface area contributed by atoms with Crippen LogP contribution in [-0.2, 0) is 28.6 Å². The molecule has 0 aromatic carbocycles. The Bertz CT molecular complexity index is 1330. The molecule has 0 rings (SSSR count). The lowest BCUT2D eigenvalue weighted by Gasteiger charge is -2.18. The first kappa shape index (κ1) is 65.6. The highest BCUT2D eigenvalue weighted by Crippen LogP contribution is 2.16. The second-order valence-corrected chi connectivity index (χ2v) is 19.2. The third-order valence-corrected chi connectivity index (χ3v) is 12.4. The third kappa shape index (κ3) is 55.4. The van der Waals surface area contributed by atoms with Crippen LogP contribution in [0.3, 0.4) is 0 Å². The SMILES string of the molecule is CC/C=C\C/C=C\C/C=C\C/C=C\C/C=C\C/C=C\C/C=C\CCCCCCCCCCCCCCCC(=O)OCC(COC(=O)CCCCCCCCCC)OC(=O)CCCCCCCCCC. The van der Waals surface area contributed by atoms with E-state index in [2.05, 4.69) is 106 Å². The summed E-state index contributed by atoms with van der Waals surface area (Å²) in [7, 11) is 0. The molecule has 1 atom stereocenters. The van der Waals surface area contributed by atoms with Crippen molar-refractivity contribution in [2.24, 2.45) is 0 Å². The average Bonchev–Trinajstić information content (AvgIpc) is 3.35. The Labute approximate surface area is 426 Å². The number of unbranched alkanes of at least 4 members (excludes halogenated alkanes) is 27. The van der Waals surface area contributed by atoms with Gasteiger partial charge in [0.25, 0.3) is 0 Å². The molecule has 0 amide bonds. The zero-order chi connectivity index (χ0) is 50.0. The molecular weight excluding hydrogens is 853 g/mol. The van der Waals surface area contributed by atoms with E-state index in [4.69, 9.17) is 14.2 Å². The second-order valence-electron chi connectivity index (χ2n) is 19.2. The van der Waals surface area contributed by atoms with Crippen LogP contribution in [-0.4, -0.2) is 37.2 Å². The first-order valence-electron chi connectivity index (χ1n) is 29.1.